The Balaban J connectivity index is 2.27. The molecule has 0 aromatic carbocycles. The molecule has 1 aliphatic heterocycles. The van der Waals surface area contributed by atoms with Crippen molar-refractivity contribution in [2.45, 2.75) is 6.42 Å². The molecule has 11 heavy (non-hydrogen) atoms. The van der Waals surface area contributed by atoms with Gasteiger partial charge in [-0.2, -0.15) is 0 Å². The lowest BCUT2D eigenvalue weighted by Gasteiger charge is -2.26. The van der Waals surface area contributed by atoms with E-state index < -0.39 is 0 Å². The second-order valence-electron chi connectivity index (χ2n) is 2.82. The molecule has 0 bridgehead atoms. The summed E-state index contributed by atoms with van der Waals surface area (Å²) in [6.45, 7) is 0.849. The maximum Gasteiger partial charge on any atom is 0.261 e. The van der Waals surface area contributed by atoms with Crippen LogP contribution in [0.4, 0.5) is 0 Å². The van der Waals surface area contributed by atoms with Crippen LogP contribution in [0.2, 0.25) is 0 Å². The zero-order valence-corrected chi connectivity index (χ0v) is 6.13. The number of hydrogen-bond acceptors (Lipinski definition) is 2. The summed E-state index contributed by atoms with van der Waals surface area (Å²) in [4.78, 5) is 11.2. The zero-order valence-electron chi connectivity index (χ0n) is 6.13. The van der Waals surface area contributed by atoms with Crippen LogP contribution in [0.15, 0.2) is 23.8 Å². The first kappa shape index (κ1) is 6.61. The van der Waals surface area contributed by atoms with Gasteiger partial charge in [-0.25, -0.2) is 5.43 Å². The van der Waals surface area contributed by atoms with E-state index in [9.17, 15) is 4.79 Å². The van der Waals surface area contributed by atoms with Gasteiger partial charge < -0.3 is 0 Å². The third kappa shape index (κ3) is 1.07. The lowest BCUT2D eigenvalue weighted by molar-refractivity contribution is -0.120. The van der Waals surface area contributed by atoms with Crippen molar-refractivity contribution in [2.24, 2.45) is 5.92 Å². The molecule has 1 heterocycles. The molecule has 2 N–H and O–H groups in total. The van der Waals surface area contributed by atoms with Gasteiger partial charge in [0.1, 0.15) is 0 Å². The fourth-order valence-electron chi connectivity index (χ4n) is 1.46. The molecular formula is C8H10N2O. The Morgan fingerprint density at radius 3 is 3.27 bits per heavy atom. The Hall–Kier alpha value is -1.09. The highest BCUT2D eigenvalue weighted by Crippen LogP contribution is 2.21. The van der Waals surface area contributed by atoms with E-state index in [2.05, 4.69) is 16.9 Å². The monoisotopic (exact) mass is 150 g/mol. The summed E-state index contributed by atoms with van der Waals surface area (Å²) < 4.78 is 0. The Morgan fingerprint density at radius 2 is 2.45 bits per heavy atom. The van der Waals surface area contributed by atoms with Crippen LogP contribution in [0.25, 0.3) is 0 Å². The third-order valence-electron chi connectivity index (χ3n) is 2.08. The molecule has 1 aliphatic carbocycles. The third-order valence-corrected chi connectivity index (χ3v) is 2.08. The van der Waals surface area contributed by atoms with Gasteiger partial charge in [0.25, 0.3) is 5.91 Å². The fraction of sp³-hybridized carbons (Fsp3) is 0.375. The van der Waals surface area contributed by atoms with Crippen molar-refractivity contribution in [2.75, 3.05) is 6.54 Å². The lowest BCUT2D eigenvalue weighted by Crippen LogP contribution is -2.48. The average molecular weight is 150 g/mol. The fourth-order valence-corrected chi connectivity index (χ4v) is 1.46. The van der Waals surface area contributed by atoms with E-state index in [1.807, 2.05) is 12.2 Å². The molecule has 0 aromatic heterocycles. The van der Waals surface area contributed by atoms with Crippen LogP contribution in [0.3, 0.4) is 0 Å². The number of allylic oxidation sites excluding steroid dienone is 3. The first-order valence-electron chi connectivity index (χ1n) is 3.78. The summed E-state index contributed by atoms with van der Waals surface area (Å²) in [5.74, 6) is 0.402. The molecule has 58 valence electrons. The van der Waals surface area contributed by atoms with Crippen LogP contribution in [0.5, 0.6) is 0 Å². The number of hydrogen-bond donors (Lipinski definition) is 2. The summed E-state index contributed by atoms with van der Waals surface area (Å²) >= 11 is 0. The van der Waals surface area contributed by atoms with E-state index in [1.165, 1.54) is 0 Å². The topological polar surface area (TPSA) is 41.1 Å². The van der Waals surface area contributed by atoms with Crippen LogP contribution in [0.1, 0.15) is 6.42 Å². The minimum atomic E-state index is 0.0191. The SMILES string of the molecule is O=C1NNCC2CC=CC=C12. The predicted molar refractivity (Wildman–Crippen MR) is 41.5 cm³/mol. The van der Waals surface area contributed by atoms with Gasteiger partial charge in [-0.1, -0.05) is 18.2 Å². The first-order valence-corrected chi connectivity index (χ1v) is 3.78. The Kier molecular flexibility index (Phi) is 1.51. The number of rotatable bonds is 0. The summed E-state index contributed by atoms with van der Waals surface area (Å²) in [6, 6.07) is 0. The molecular weight excluding hydrogens is 140 g/mol. The second-order valence-corrected chi connectivity index (χ2v) is 2.82. The van der Waals surface area contributed by atoms with Gasteiger partial charge in [0, 0.05) is 18.0 Å². The van der Waals surface area contributed by atoms with Crippen molar-refractivity contribution in [3.05, 3.63) is 23.8 Å². The Labute approximate surface area is 65.1 Å². The lowest BCUT2D eigenvalue weighted by atomic mass is 9.90. The van der Waals surface area contributed by atoms with E-state index in [0.717, 1.165) is 18.5 Å². The van der Waals surface area contributed by atoms with Crippen molar-refractivity contribution in [3.63, 3.8) is 0 Å². The number of fused-ring (bicyclic) bond motifs is 1. The van der Waals surface area contributed by atoms with E-state index in [0.29, 0.717) is 5.92 Å². The maximum absolute atomic E-state index is 11.2. The molecule has 0 radical (unpaired) electrons. The smallest absolute Gasteiger partial charge is 0.261 e. The summed E-state index contributed by atoms with van der Waals surface area (Å²) in [5, 5.41) is 0. The van der Waals surface area contributed by atoms with E-state index in [-0.39, 0.29) is 5.91 Å². The molecule has 0 saturated carbocycles. The van der Waals surface area contributed by atoms with Gasteiger partial charge >= 0.3 is 0 Å². The quantitative estimate of drug-likeness (QED) is 0.515. The maximum atomic E-state index is 11.2. The molecule has 1 fully saturated rings. The van der Waals surface area contributed by atoms with Crippen molar-refractivity contribution in [3.8, 4) is 0 Å². The van der Waals surface area contributed by atoms with Crippen molar-refractivity contribution < 1.29 is 4.79 Å². The van der Waals surface area contributed by atoms with Crippen LogP contribution in [0, 0.1) is 5.92 Å². The number of nitrogens with one attached hydrogen (secondary N) is 2. The zero-order chi connectivity index (χ0) is 7.68. The number of carbonyl (C=O) groups is 1. The van der Waals surface area contributed by atoms with Gasteiger partial charge in [-0.3, -0.25) is 10.2 Å². The van der Waals surface area contributed by atoms with E-state index >= 15 is 0 Å². The normalized spacial score (nSPS) is 28.9. The van der Waals surface area contributed by atoms with Gasteiger partial charge in [-0.05, 0) is 6.42 Å². The van der Waals surface area contributed by atoms with Gasteiger partial charge in [0.15, 0.2) is 0 Å². The van der Waals surface area contributed by atoms with Crippen LogP contribution < -0.4 is 10.9 Å². The summed E-state index contributed by atoms with van der Waals surface area (Å²) in [5.41, 5.74) is 6.36. The number of hydrazine groups is 1. The van der Waals surface area contributed by atoms with Crippen molar-refractivity contribution >= 4 is 5.91 Å². The molecule has 0 spiro atoms. The second kappa shape index (κ2) is 2.51. The summed E-state index contributed by atoms with van der Waals surface area (Å²) in [6.07, 6.45) is 6.90. The number of amides is 1. The summed E-state index contributed by atoms with van der Waals surface area (Å²) in [7, 11) is 0. The highest BCUT2D eigenvalue weighted by Gasteiger charge is 2.24. The standard InChI is InChI=1S/C8H10N2O/c11-8-7-4-2-1-3-6(7)5-9-10-8/h1-2,4,6,9H,3,5H2,(H,10,11). The number of carbonyl (C=O) groups excluding carboxylic acids is 1. The molecule has 1 atom stereocenters. The van der Waals surface area contributed by atoms with Gasteiger partial charge in [0.05, 0.1) is 0 Å². The molecule has 3 heteroatoms. The van der Waals surface area contributed by atoms with Gasteiger partial charge in [0.2, 0.25) is 0 Å². The minimum Gasteiger partial charge on any atom is -0.288 e. The predicted octanol–water partition coefficient (Wildman–Crippen LogP) is 0.123. The molecule has 2 aliphatic rings. The molecule has 3 nitrogen and oxygen atoms in total. The molecule has 0 aromatic rings. The Morgan fingerprint density at radius 1 is 1.55 bits per heavy atom. The van der Waals surface area contributed by atoms with Crippen LogP contribution in [-0.2, 0) is 4.79 Å². The van der Waals surface area contributed by atoms with Crippen molar-refractivity contribution in [1.29, 1.82) is 0 Å². The highest BCUT2D eigenvalue weighted by atomic mass is 16.2. The van der Waals surface area contributed by atoms with Crippen molar-refractivity contribution in [1.82, 2.24) is 10.9 Å². The average Bonchev–Trinajstić information content (AvgIpc) is 2.06. The minimum absolute atomic E-state index is 0.0191. The van der Waals surface area contributed by atoms with Gasteiger partial charge in [-0.15, -0.1) is 0 Å². The van der Waals surface area contributed by atoms with Crippen LogP contribution >= 0.6 is 0 Å². The van der Waals surface area contributed by atoms with E-state index in [4.69, 9.17) is 0 Å². The molecule has 2 rings (SSSR count). The Bertz CT molecular complexity index is 242. The molecule has 1 unspecified atom stereocenters. The highest BCUT2D eigenvalue weighted by molar-refractivity contribution is 5.94. The first-order chi connectivity index (χ1) is 5.38. The largest absolute Gasteiger partial charge is 0.288 e. The molecule has 1 saturated heterocycles. The van der Waals surface area contributed by atoms with E-state index in [1.54, 1.807) is 0 Å². The molecule has 1 amide bonds. The van der Waals surface area contributed by atoms with Crippen LogP contribution in [-0.4, -0.2) is 12.5 Å².